The van der Waals surface area contributed by atoms with Gasteiger partial charge in [0.15, 0.2) is 11.5 Å². The summed E-state index contributed by atoms with van der Waals surface area (Å²) in [6, 6.07) is 0. The first-order chi connectivity index (χ1) is 12.8. The Kier molecular flexibility index (Phi) is 5.01. The molecule has 8 nitrogen and oxygen atoms in total. The Labute approximate surface area is 152 Å². The van der Waals surface area contributed by atoms with E-state index >= 15 is 0 Å². The summed E-state index contributed by atoms with van der Waals surface area (Å²) < 4.78 is 5.09. The topological polar surface area (TPSA) is 99.8 Å². The molecule has 1 saturated heterocycles. The molecule has 1 fully saturated rings. The number of likely N-dealkylation sites (tertiary alicyclic amines) is 1. The lowest BCUT2D eigenvalue weighted by Crippen LogP contribution is -2.40. The third kappa shape index (κ3) is 3.38. The number of fused-ring (bicyclic) bond motifs is 1. The van der Waals surface area contributed by atoms with Crippen molar-refractivity contribution in [2.24, 2.45) is 0 Å². The first kappa shape index (κ1) is 17.2. The van der Waals surface area contributed by atoms with Crippen molar-refractivity contribution in [2.75, 3.05) is 26.8 Å². The number of nitrogens with one attached hydrogen (secondary N) is 2. The van der Waals surface area contributed by atoms with Gasteiger partial charge in [-0.05, 0) is 38.5 Å². The number of aryl methyl sites for hydroxylation is 1. The second kappa shape index (κ2) is 7.57. The molecule has 0 spiro atoms. The van der Waals surface area contributed by atoms with Gasteiger partial charge in [0.1, 0.15) is 5.82 Å². The van der Waals surface area contributed by atoms with E-state index in [0.29, 0.717) is 18.8 Å². The molecule has 2 aromatic rings. The largest absolute Gasteiger partial charge is 0.384 e. The maximum Gasteiger partial charge on any atom is 0.274 e. The predicted molar refractivity (Wildman–Crippen MR) is 95.1 cm³/mol. The Morgan fingerprint density at radius 1 is 1.23 bits per heavy atom. The molecule has 8 heteroatoms. The summed E-state index contributed by atoms with van der Waals surface area (Å²) in [7, 11) is 1.68. The summed E-state index contributed by atoms with van der Waals surface area (Å²) >= 11 is 0. The number of rotatable bonds is 5. The number of aromatic nitrogens is 5. The minimum absolute atomic E-state index is 0.0456. The Hall–Kier alpha value is -2.22. The highest BCUT2D eigenvalue weighted by Gasteiger charge is 2.31. The predicted octanol–water partition coefficient (Wildman–Crippen LogP) is 1.62. The smallest absolute Gasteiger partial charge is 0.274 e. The highest BCUT2D eigenvalue weighted by atomic mass is 16.5. The van der Waals surface area contributed by atoms with E-state index in [2.05, 4.69) is 25.4 Å². The van der Waals surface area contributed by atoms with Crippen molar-refractivity contribution >= 4 is 5.91 Å². The zero-order valence-electron chi connectivity index (χ0n) is 15.3. The summed E-state index contributed by atoms with van der Waals surface area (Å²) in [6.07, 6.45) is 6.95. The third-order valence-corrected chi connectivity index (χ3v) is 5.42. The summed E-state index contributed by atoms with van der Waals surface area (Å²) in [5, 5.41) is 14.8. The molecule has 0 aromatic carbocycles. The summed E-state index contributed by atoms with van der Waals surface area (Å²) in [4.78, 5) is 19.5. The van der Waals surface area contributed by atoms with Crippen LogP contribution in [0.15, 0.2) is 0 Å². The van der Waals surface area contributed by atoms with Crippen LogP contribution >= 0.6 is 0 Å². The summed E-state index contributed by atoms with van der Waals surface area (Å²) in [5.74, 6) is 1.86. The van der Waals surface area contributed by atoms with Crippen LogP contribution in [0.3, 0.4) is 0 Å². The van der Waals surface area contributed by atoms with Crippen molar-refractivity contribution in [1.82, 2.24) is 30.3 Å². The number of methoxy groups -OCH3 is 1. The van der Waals surface area contributed by atoms with Gasteiger partial charge < -0.3 is 9.64 Å². The average Bonchev–Trinajstić information content (AvgIpc) is 3.33. The van der Waals surface area contributed by atoms with Crippen LogP contribution in [0.25, 0.3) is 0 Å². The normalized spacial score (nSPS) is 20.2. The Bertz CT molecular complexity index is 768. The molecule has 2 aromatic heterocycles. The number of ether oxygens (including phenoxy) is 1. The lowest BCUT2D eigenvalue weighted by atomic mass is 9.94. The molecule has 26 heavy (non-hydrogen) atoms. The number of carbonyl (C=O) groups excluding carboxylic acids is 1. The van der Waals surface area contributed by atoms with Gasteiger partial charge in [0, 0.05) is 43.8 Å². The molecule has 0 radical (unpaired) electrons. The number of hydrogen-bond acceptors (Lipinski definition) is 5. The first-order valence-corrected chi connectivity index (χ1v) is 9.51. The van der Waals surface area contributed by atoms with Crippen molar-refractivity contribution < 1.29 is 9.53 Å². The molecule has 0 bridgehead atoms. The number of nitrogens with zero attached hydrogens (tertiary/aromatic N) is 4. The van der Waals surface area contributed by atoms with Gasteiger partial charge >= 0.3 is 0 Å². The van der Waals surface area contributed by atoms with Crippen molar-refractivity contribution in [3.05, 3.63) is 28.6 Å². The van der Waals surface area contributed by atoms with E-state index in [9.17, 15) is 4.79 Å². The van der Waals surface area contributed by atoms with E-state index in [-0.39, 0.29) is 11.8 Å². The summed E-state index contributed by atoms with van der Waals surface area (Å²) in [5.41, 5.74) is 2.89. The second-order valence-electron chi connectivity index (χ2n) is 7.21. The van der Waals surface area contributed by atoms with Crippen LogP contribution < -0.4 is 0 Å². The van der Waals surface area contributed by atoms with Gasteiger partial charge in [0.25, 0.3) is 5.91 Å². The quantitative estimate of drug-likeness (QED) is 0.846. The van der Waals surface area contributed by atoms with Gasteiger partial charge in [0.2, 0.25) is 0 Å². The lowest BCUT2D eigenvalue weighted by molar-refractivity contribution is 0.0697. The van der Waals surface area contributed by atoms with Crippen LogP contribution in [-0.2, 0) is 24.0 Å². The number of hydrogen-bond donors (Lipinski definition) is 2. The van der Waals surface area contributed by atoms with Gasteiger partial charge in [-0.1, -0.05) is 0 Å². The van der Waals surface area contributed by atoms with Crippen LogP contribution in [0, 0.1) is 0 Å². The number of aromatic amines is 2. The van der Waals surface area contributed by atoms with E-state index in [1.165, 1.54) is 6.42 Å². The zero-order chi connectivity index (χ0) is 17.9. The van der Waals surface area contributed by atoms with E-state index in [1.807, 2.05) is 4.90 Å². The van der Waals surface area contributed by atoms with E-state index in [0.717, 1.165) is 68.0 Å². The van der Waals surface area contributed by atoms with Crippen LogP contribution in [0.5, 0.6) is 0 Å². The van der Waals surface area contributed by atoms with Crippen LogP contribution in [0.2, 0.25) is 0 Å². The fraction of sp³-hybridized carbons (Fsp3) is 0.667. The summed E-state index contributed by atoms with van der Waals surface area (Å²) in [6.45, 7) is 2.05. The molecule has 1 aliphatic heterocycles. The Balaban J connectivity index is 1.45. The van der Waals surface area contributed by atoms with E-state index < -0.39 is 0 Å². The average molecular weight is 358 g/mol. The monoisotopic (exact) mass is 358 g/mol. The number of H-pyrrole nitrogens is 2. The van der Waals surface area contributed by atoms with Gasteiger partial charge in [-0.3, -0.25) is 15.0 Å². The molecule has 1 atom stereocenters. The highest BCUT2D eigenvalue weighted by Crippen LogP contribution is 2.28. The Morgan fingerprint density at radius 2 is 2.12 bits per heavy atom. The van der Waals surface area contributed by atoms with Crippen LogP contribution in [0.4, 0.5) is 0 Å². The molecular formula is C18H26N6O2. The number of piperidine rings is 1. The molecule has 2 aliphatic rings. The van der Waals surface area contributed by atoms with Gasteiger partial charge in [-0.2, -0.15) is 10.2 Å². The van der Waals surface area contributed by atoms with Gasteiger partial charge in [-0.15, -0.1) is 0 Å². The second-order valence-corrected chi connectivity index (χ2v) is 7.21. The first-order valence-electron chi connectivity index (χ1n) is 9.51. The molecule has 4 rings (SSSR count). The molecule has 2 N–H and O–H groups in total. The van der Waals surface area contributed by atoms with Crippen molar-refractivity contribution in [2.45, 2.75) is 50.9 Å². The maximum atomic E-state index is 13.0. The zero-order valence-corrected chi connectivity index (χ0v) is 15.3. The minimum Gasteiger partial charge on any atom is -0.384 e. The molecule has 3 heterocycles. The fourth-order valence-electron chi connectivity index (χ4n) is 3.98. The molecule has 1 unspecified atom stereocenters. The molecule has 1 aliphatic carbocycles. The third-order valence-electron chi connectivity index (χ3n) is 5.42. The minimum atomic E-state index is 0.0456. The molecule has 0 saturated carbocycles. The van der Waals surface area contributed by atoms with Crippen molar-refractivity contribution in [1.29, 1.82) is 0 Å². The number of carbonyl (C=O) groups is 1. The van der Waals surface area contributed by atoms with Crippen molar-refractivity contribution in [3.63, 3.8) is 0 Å². The number of amides is 1. The molecular weight excluding hydrogens is 332 g/mol. The maximum absolute atomic E-state index is 13.0. The fourth-order valence-corrected chi connectivity index (χ4v) is 3.98. The molecule has 1 amide bonds. The van der Waals surface area contributed by atoms with Gasteiger partial charge in [0.05, 0.1) is 6.61 Å². The Morgan fingerprint density at radius 3 is 3.00 bits per heavy atom. The standard InChI is InChI=1S/C18H26N6O2/c1-26-10-8-15-19-17(23-21-15)12-5-4-9-24(11-12)18(25)16-13-6-2-3-7-14(13)20-22-16/h12H,2-11H2,1H3,(H,20,22)(H,19,21,23). The highest BCUT2D eigenvalue weighted by molar-refractivity contribution is 5.94. The van der Waals surface area contributed by atoms with E-state index in [4.69, 9.17) is 4.74 Å². The van der Waals surface area contributed by atoms with Gasteiger partial charge in [-0.25, -0.2) is 4.98 Å². The van der Waals surface area contributed by atoms with Crippen LogP contribution in [-0.4, -0.2) is 63.0 Å². The lowest BCUT2D eigenvalue weighted by Gasteiger charge is -2.31. The van der Waals surface area contributed by atoms with Crippen molar-refractivity contribution in [3.8, 4) is 0 Å². The SMILES string of the molecule is COCCc1nc(C2CCCN(C(=O)c3n[nH]c4c3CCCC4)C2)n[nH]1. The van der Waals surface area contributed by atoms with E-state index in [1.54, 1.807) is 7.11 Å². The van der Waals surface area contributed by atoms with Crippen LogP contribution in [0.1, 0.15) is 65.0 Å². The molecule has 140 valence electrons.